The number of rotatable bonds is 4. The highest BCUT2D eigenvalue weighted by molar-refractivity contribution is 5.69. The molecule has 25 heavy (non-hydrogen) atoms. The minimum Gasteiger partial charge on any atom is -0.356 e. The Labute approximate surface area is 143 Å². The molecule has 3 rings (SSSR count). The van der Waals surface area contributed by atoms with E-state index in [2.05, 4.69) is 20.2 Å². The first kappa shape index (κ1) is 17.8. The van der Waals surface area contributed by atoms with Crippen LogP contribution in [0.5, 0.6) is 0 Å². The van der Waals surface area contributed by atoms with E-state index in [0.29, 0.717) is 17.2 Å². The molecule has 0 radical (unpaired) electrons. The first-order valence-corrected chi connectivity index (χ1v) is 8.27. The second-order valence-electron chi connectivity index (χ2n) is 6.41. The first-order valence-electron chi connectivity index (χ1n) is 8.27. The van der Waals surface area contributed by atoms with E-state index in [9.17, 15) is 17.6 Å². The topological polar surface area (TPSA) is 41.0 Å². The third-order valence-electron chi connectivity index (χ3n) is 4.66. The van der Waals surface area contributed by atoms with E-state index < -0.39 is 17.6 Å². The van der Waals surface area contributed by atoms with Crippen molar-refractivity contribution in [2.24, 2.45) is 5.92 Å². The number of nitrogens with one attached hydrogen (secondary N) is 1. The van der Waals surface area contributed by atoms with Crippen LogP contribution >= 0.6 is 0 Å². The van der Waals surface area contributed by atoms with Gasteiger partial charge in [0.2, 0.25) is 0 Å². The van der Waals surface area contributed by atoms with Gasteiger partial charge in [-0.1, -0.05) is 0 Å². The van der Waals surface area contributed by atoms with Gasteiger partial charge < -0.3 is 10.2 Å². The summed E-state index contributed by atoms with van der Waals surface area (Å²) in [6.07, 6.45) is -1.49. The molecule has 2 aliphatic rings. The van der Waals surface area contributed by atoms with Crippen LogP contribution in [0.15, 0.2) is 29.9 Å². The standard InChI is InChI=1S/C17H20F4N4/c1-22-8-11-4-5-25(9-11)16-7-15(23-10-24-16)12-2-3-13(14(18)6-12)17(19,20)21/h6-7,10-11,22H,2-5,8-9H2,1H3. The summed E-state index contributed by atoms with van der Waals surface area (Å²) in [5.41, 5.74) is -0.140. The van der Waals surface area contributed by atoms with Crippen molar-refractivity contribution in [1.29, 1.82) is 0 Å². The number of nitrogens with zero attached hydrogens (tertiary/aromatic N) is 3. The highest BCUT2D eigenvalue weighted by Crippen LogP contribution is 2.39. The van der Waals surface area contributed by atoms with Crippen molar-refractivity contribution in [3.8, 4) is 0 Å². The Kier molecular flexibility index (Phi) is 5.08. The predicted molar refractivity (Wildman–Crippen MR) is 87.7 cm³/mol. The van der Waals surface area contributed by atoms with E-state index in [1.807, 2.05) is 7.05 Å². The molecule has 8 heteroatoms. The Bertz CT molecular complexity index is 696. The molecule has 1 aromatic heterocycles. The summed E-state index contributed by atoms with van der Waals surface area (Å²) >= 11 is 0. The minimum atomic E-state index is -4.62. The molecule has 1 aromatic rings. The lowest BCUT2D eigenvalue weighted by Crippen LogP contribution is -2.25. The van der Waals surface area contributed by atoms with Gasteiger partial charge in [0, 0.05) is 19.2 Å². The Hall–Kier alpha value is -1.96. The fourth-order valence-electron chi connectivity index (χ4n) is 3.36. The van der Waals surface area contributed by atoms with Crippen LogP contribution in [0.4, 0.5) is 23.4 Å². The van der Waals surface area contributed by atoms with Crippen molar-refractivity contribution in [3.05, 3.63) is 35.6 Å². The Morgan fingerprint density at radius 3 is 2.76 bits per heavy atom. The van der Waals surface area contributed by atoms with Crippen molar-refractivity contribution in [2.45, 2.75) is 25.4 Å². The van der Waals surface area contributed by atoms with E-state index >= 15 is 0 Å². The molecular formula is C17H20F4N4. The highest BCUT2D eigenvalue weighted by Gasteiger charge is 2.37. The van der Waals surface area contributed by atoms with Crippen LogP contribution in [-0.2, 0) is 0 Å². The predicted octanol–water partition coefficient (Wildman–Crippen LogP) is 3.49. The lowest BCUT2D eigenvalue weighted by atomic mass is 9.95. The van der Waals surface area contributed by atoms with Crippen LogP contribution in [-0.4, -0.2) is 42.8 Å². The zero-order valence-electron chi connectivity index (χ0n) is 13.9. The zero-order chi connectivity index (χ0) is 18.0. The van der Waals surface area contributed by atoms with Crippen LogP contribution in [0, 0.1) is 5.92 Å². The molecule has 2 heterocycles. The lowest BCUT2D eigenvalue weighted by Gasteiger charge is -2.20. The molecule has 136 valence electrons. The molecule has 1 fully saturated rings. The Balaban J connectivity index is 1.80. The normalized spacial score (nSPS) is 21.7. The second-order valence-corrected chi connectivity index (χ2v) is 6.41. The van der Waals surface area contributed by atoms with Gasteiger partial charge in [-0.2, -0.15) is 13.2 Å². The number of allylic oxidation sites excluding steroid dienone is 4. The number of hydrogen-bond donors (Lipinski definition) is 1. The van der Waals surface area contributed by atoms with Gasteiger partial charge in [-0.05, 0) is 50.4 Å². The third-order valence-corrected chi connectivity index (χ3v) is 4.66. The summed E-state index contributed by atoms with van der Waals surface area (Å²) in [7, 11) is 1.91. The molecule has 0 aromatic carbocycles. The van der Waals surface area contributed by atoms with E-state index in [4.69, 9.17) is 0 Å². The van der Waals surface area contributed by atoms with E-state index in [0.717, 1.165) is 37.9 Å². The summed E-state index contributed by atoms with van der Waals surface area (Å²) in [6, 6.07) is 1.74. The molecule has 0 spiro atoms. The molecule has 1 saturated heterocycles. The average Bonchev–Trinajstić information content (AvgIpc) is 3.03. The molecule has 0 bridgehead atoms. The molecule has 0 amide bonds. The summed E-state index contributed by atoms with van der Waals surface area (Å²) in [4.78, 5) is 10.5. The van der Waals surface area contributed by atoms with Gasteiger partial charge in [-0.15, -0.1) is 0 Å². The van der Waals surface area contributed by atoms with Crippen LogP contribution in [0.3, 0.4) is 0 Å². The largest absolute Gasteiger partial charge is 0.415 e. The fourth-order valence-corrected chi connectivity index (χ4v) is 3.36. The van der Waals surface area contributed by atoms with Crippen molar-refractivity contribution in [1.82, 2.24) is 15.3 Å². The fraction of sp³-hybridized carbons (Fsp3) is 0.529. The Morgan fingerprint density at radius 1 is 1.28 bits per heavy atom. The van der Waals surface area contributed by atoms with Gasteiger partial charge in [0.05, 0.1) is 11.3 Å². The van der Waals surface area contributed by atoms with Crippen LogP contribution < -0.4 is 10.2 Å². The molecule has 1 atom stereocenters. The molecule has 1 aliphatic heterocycles. The van der Waals surface area contributed by atoms with Gasteiger partial charge in [-0.3, -0.25) is 0 Å². The monoisotopic (exact) mass is 356 g/mol. The average molecular weight is 356 g/mol. The van der Waals surface area contributed by atoms with Crippen LogP contribution in [0.2, 0.25) is 0 Å². The number of anilines is 1. The zero-order valence-corrected chi connectivity index (χ0v) is 13.9. The van der Waals surface area contributed by atoms with Gasteiger partial charge >= 0.3 is 6.18 Å². The number of aromatic nitrogens is 2. The highest BCUT2D eigenvalue weighted by atomic mass is 19.4. The summed E-state index contributed by atoms with van der Waals surface area (Å²) in [6.45, 7) is 2.66. The van der Waals surface area contributed by atoms with Crippen molar-refractivity contribution in [3.63, 3.8) is 0 Å². The van der Waals surface area contributed by atoms with E-state index in [-0.39, 0.29) is 12.8 Å². The van der Waals surface area contributed by atoms with Crippen LogP contribution in [0.1, 0.15) is 25.0 Å². The lowest BCUT2D eigenvalue weighted by molar-refractivity contribution is -0.0957. The Morgan fingerprint density at radius 2 is 2.08 bits per heavy atom. The summed E-state index contributed by atoms with van der Waals surface area (Å²) in [5, 5.41) is 3.16. The molecule has 0 saturated carbocycles. The molecule has 1 unspecified atom stereocenters. The van der Waals surface area contributed by atoms with Gasteiger partial charge in [0.25, 0.3) is 0 Å². The maximum absolute atomic E-state index is 13.8. The quantitative estimate of drug-likeness (QED) is 0.839. The minimum absolute atomic E-state index is 0.112. The van der Waals surface area contributed by atoms with Crippen molar-refractivity contribution >= 4 is 11.4 Å². The molecule has 1 aliphatic carbocycles. The molecule has 4 nitrogen and oxygen atoms in total. The van der Waals surface area contributed by atoms with Crippen molar-refractivity contribution in [2.75, 3.05) is 31.6 Å². The molecule has 1 N–H and O–H groups in total. The van der Waals surface area contributed by atoms with Crippen LogP contribution in [0.25, 0.3) is 5.57 Å². The van der Waals surface area contributed by atoms with Crippen molar-refractivity contribution < 1.29 is 17.6 Å². The van der Waals surface area contributed by atoms with Gasteiger partial charge in [-0.25, -0.2) is 14.4 Å². The van der Waals surface area contributed by atoms with Gasteiger partial charge in [0.1, 0.15) is 18.0 Å². The maximum Gasteiger partial charge on any atom is 0.415 e. The number of hydrogen-bond acceptors (Lipinski definition) is 4. The number of alkyl halides is 3. The summed E-state index contributed by atoms with van der Waals surface area (Å²) in [5.74, 6) is 0.0479. The number of halogens is 4. The second kappa shape index (κ2) is 7.11. The first-order chi connectivity index (χ1) is 11.9. The maximum atomic E-state index is 13.8. The molecular weight excluding hydrogens is 336 g/mol. The summed E-state index contributed by atoms with van der Waals surface area (Å²) < 4.78 is 52.0. The third kappa shape index (κ3) is 4.00. The van der Waals surface area contributed by atoms with E-state index in [1.54, 1.807) is 6.07 Å². The van der Waals surface area contributed by atoms with Gasteiger partial charge in [0.15, 0.2) is 0 Å². The smallest absolute Gasteiger partial charge is 0.356 e. The SMILES string of the molecule is CNCC1CCN(c2cc(C3=CC(F)=C(C(F)(F)F)CC3)ncn2)C1. The van der Waals surface area contributed by atoms with E-state index in [1.165, 1.54) is 6.33 Å².